The number of benzene rings is 2. The Labute approximate surface area is 138 Å². The second-order valence-corrected chi connectivity index (χ2v) is 5.17. The predicted octanol–water partition coefficient (Wildman–Crippen LogP) is 2.50. The minimum Gasteiger partial charge on any atom is -0.372 e. The third-order valence-corrected chi connectivity index (χ3v) is 2.70. The Morgan fingerprint density at radius 2 is 1.39 bits per heavy atom. The first-order chi connectivity index (χ1) is 11.0. The zero-order chi connectivity index (χ0) is 17.5. The van der Waals surface area contributed by atoms with Gasteiger partial charge in [0, 0.05) is 12.5 Å². The van der Waals surface area contributed by atoms with E-state index in [-0.39, 0.29) is 18.2 Å². The van der Waals surface area contributed by atoms with E-state index in [9.17, 15) is 4.79 Å². The van der Waals surface area contributed by atoms with Crippen molar-refractivity contribution in [1.29, 1.82) is 0 Å². The van der Waals surface area contributed by atoms with E-state index in [1.54, 1.807) is 6.92 Å². The fourth-order valence-corrected chi connectivity index (χ4v) is 1.87. The standard InChI is InChI=1S/C9H13N.C9H10O.CH3NO/c2*1-8(10)7-9-5-3-2-4-6-9;2-1-3/h2-6,8H,7,10H2,1H3;2-6H,7H2,1H3;1H,(H2,2,3). The van der Waals surface area contributed by atoms with Crippen LogP contribution in [0.25, 0.3) is 0 Å². The zero-order valence-corrected chi connectivity index (χ0v) is 13.8. The first kappa shape index (κ1) is 20.5. The molecule has 23 heavy (non-hydrogen) atoms. The molecule has 0 spiro atoms. The number of Topliss-reactive ketones (excluding diaryl/α,β-unsaturated/α-hetero) is 1. The number of rotatable bonds is 4. The van der Waals surface area contributed by atoms with Crippen molar-refractivity contribution in [3.8, 4) is 0 Å². The average Bonchev–Trinajstić information content (AvgIpc) is 2.49. The molecule has 4 N–H and O–H groups in total. The maximum atomic E-state index is 10.6. The molecule has 0 bridgehead atoms. The van der Waals surface area contributed by atoms with Gasteiger partial charge in [-0.25, -0.2) is 0 Å². The van der Waals surface area contributed by atoms with Gasteiger partial charge >= 0.3 is 0 Å². The van der Waals surface area contributed by atoms with Gasteiger partial charge in [-0.05, 0) is 31.4 Å². The van der Waals surface area contributed by atoms with Crippen LogP contribution in [-0.4, -0.2) is 18.2 Å². The lowest BCUT2D eigenvalue weighted by Crippen LogP contribution is -2.17. The Morgan fingerprint density at radius 3 is 1.74 bits per heavy atom. The highest BCUT2D eigenvalue weighted by Gasteiger charge is 1.94. The predicted molar refractivity (Wildman–Crippen MR) is 94.9 cm³/mol. The summed E-state index contributed by atoms with van der Waals surface area (Å²) in [5, 5.41) is 0. The molecule has 0 aliphatic rings. The van der Waals surface area contributed by atoms with Gasteiger partial charge in [0.1, 0.15) is 5.78 Å². The molecule has 0 aliphatic heterocycles. The van der Waals surface area contributed by atoms with Crippen molar-refractivity contribution in [2.75, 3.05) is 0 Å². The monoisotopic (exact) mass is 314 g/mol. The van der Waals surface area contributed by atoms with Crippen molar-refractivity contribution < 1.29 is 9.59 Å². The molecule has 0 aliphatic carbocycles. The molecular weight excluding hydrogens is 288 g/mol. The summed E-state index contributed by atoms with van der Waals surface area (Å²) < 4.78 is 0. The van der Waals surface area contributed by atoms with Gasteiger partial charge in [-0.3, -0.25) is 9.59 Å². The van der Waals surface area contributed by atoms with Crippen LogP contribution >= 0.6 is 0 Å². The first-order valence-corrected chi connectivity index (χ1v) is 7.47. The molecule has 2 rings (SSSR count). The second-order valence-electron chi connectivity index (χ2n) is 5.17. The summed E-state index contributed by atoms with van der Waals surface area (Å²) in [5.41, 5.74) is 12.2. The fraction of sp³-hybridized carbons (Fsp3) is 0.263. The van der Waals surface area contributed by atoms with E-state index in [1.807, 2.05) is 55.5 Å². The van der Waals surface area contributed by atoms with Crippen molar-refractivity contribution in [3.05, 3.63) is 71.8 Å². The number of carbonyl (C=O) groups excluding carboxylic acids is 2. The minimum absolute atomic E-state index is 0.214. The largest absolute Gasteiger partial charge is 0.372 e. The second kappa shape index (κ2) is 13.2. The van der Waals surface area contributed by atoms with Gasteiger partial charge in [-0.1, -0.05) is 60.7 Å². The topological polar surface area (TPSA) is 86.2 Å². The Bertz CT molecular complexity index is 540. The quantitative estimate of drug-likeness (QED) is 0.850. The number of carbonyl (C=O) groups is 2. The molecule has 0 saturated carbocycles. The van der Waals surface area contributed by atoms with Gasteiger partial charge < -0.3 is 11.5 Å². The van der Waals surface area contributed by atoms with Gasteiger partial charge in [0.15, 0.2) is 0 Å². The highest BCUT2D eigenvalue weighted by molar-refractivity contribution is 5.78. The van der Waals surface area contributed by atoms with Gasteiger partial charge in [-0.2, -0.15) is 0 Å². The van der Waals surface area contributed by atoms with Crippen molar-refractivity contribution in [1.82, 2.24) is 0 Å². The molecule has 4 nitrogen and oxygen atoms in total. The van der Waals surface area contributed by atoms with Gasteiger partial charge in [0.05, 0.1) is 0 Å². The van der Waals surface area contributed by atoms with Crippen molar-refractivity contribution in [2.24, 2.45) is 11.5 Å². The SMILES string of the molecule is CC(=O)Cc1ccccc1.CC(N)Cc1ccccc1.NC=O. The number of nitrogens with two attached hydrogens (primary N) is 2. The number of hydrogen-bond donors (Lipinski definition) is 2. The Hall–Kier alpha value is -2.46. The lowest BCUT2D eigenvalue weighted by Gasteiger charge is -2.02. The van der Waals surface area contributed by atoms with Crippen LogP contribution in [0.2, 0.25) is 0 Å². The highest BCUT2D eigenvalue weighted by atomic mass is 16.1. The molecule has 0 fully saturated rings. The summed E-state index contributed by atoms with van der Waals surface area (Å²) >= 11 is 0. The normalized spacial score (nSPS) is 10.2. The van der Waals surface area contributed by atoms with Gasteiger partial charge in [0.25, 0.3) is 0 Å². The van der Waals surface area contributed by atoms with E-state index < -0.39 is 0 Å². The zero-order valence-electron chi connectivity index (χ0n) is 13.8. The summed E-state index contributed by atoms with van der Waals surface area (Å²) in [4.78, 5) is 19.2. The summed E-state index contributed by atoms with van der Waals surface area (Å²) in [5.74, 6) is 0.214. The molecular formula is C19H26N2O2. The van der Waals surface area contributed by atoms with Crippen molar-refractivity contribution in [2.45, 2.75) is 32.7 Å². The van der Waals surface area contributed by atoms with E-state index >= 15 is 0 Å². The number of hydrogen-bond acceptors (Lipinski definition) is 3. The maximum absolute atomic E-state index is 10.6. The molecule has 2 aromatic carbocycles. The molecule has 124 valence electrons. The van der Waals surface area contributed by atoms with Crippen LogP contribution in [-0.2, 0) is 22.4 Å². The van der Waals surface area contributed by atoms with E-state index in [0.717, 1.165) is 12.0 Å². The summed E-state index contributed by atoms with van der Waals surface area (Å²) in [6.45, 7) is 3.62. The van der Waals surface area contributed by atoms with Crippen LogP contribution in [0.1, 0.15) is 25.0 Å². The Balaban J connectivity index is 0.000000360. The number of primary amides is 1. The molecule has 0 heterocycles. The maximum Gasteiger partial charge on any atom is 0.204 e. The fourth-order valence-electron chi connectivity index (χ4n) is 1.87. The lowest BCUT2D eigenvalue weighted by molar-refractivity contribution is -0.116. The van der Waals surface area contributed by atoms with Crippen LogP contribution < -0.4 is 11.5 Å². The molecule has 0 radical (unpaired) electrons. The molecule has 1 unspecified atom stereocenters. The van der Waals surface area contributed by atoms with E-state index in [0.29, 0.717) is 6.42 Å². The van der Waals surface area contributed by atoms with Gasteiger partial charge in [0.2, 0.25) is 6.41 Å². The molecule has 2 aromatic rings. The van der Waals surface area contributed by atoms with Crippen LogP contribution in [0.5, 0.6) is 0 Å². The number of ketones is 1. The first-order valence-electron chi connectivity index (χ1n) is 7.47. The average molecular weight is 314 g/mol. The highest BCUT2D eigenvalue weighted by Crippen LogP contribution is 2.00. The van der Waals surface area contributed by atoms with Crippen LogP contribution in [0, 0.1) is 0 Å². The molecule has 1 atom stereocenters. The van der Waals surface area contributed by atoms with Crippen molar-refractivity contribution in [3.63, 3.8) is 0 Å². The minimum atomic E-state index is 0.214. The molecule has 4 heteroatoms. The third kappa shape index (κ3) is 13.0. The summed E-state index contributed by atoms with van der Waals surface area (Å²) in [7, 11) is 0. The Morgan fingerprint density at radius 1 is 1.00 bits per heavy atom. The summed E-state index contributed by atoms with van der Waals surface area (Å²) in [6, 6.07) is 20.3. The molecule has 1 amide bonds. The van der Waals surface area contributed by atoms with Gasteiger partial charge in [-0.15, -0.1) is 0 Å². The summed E-state index contributed by atoms with van der Waals surface area (Å²) in [6.07, 6.45) is 1.78. The van der Waals surface area contributed by atoms with Crippen LogP contribution in [0.4, 0.5) is 0 Å². The van der Waals surface area contributed by atoms with Crippen molar-refractivity contribution >= 4 is 12.2 Å². The van der Waals surface area contributed by atoms with E-state index in [1.165, 1.54) is 5.56 Å². The lowest BCUT2D eigenvalue weighted by atomic mass is 10.1. The molecule has 0 aromatic heterocycles. The van der Waals surface area contributed by atoms with E-state index in [4.69, 9.17) is 10.5 Å². The smallest absolute Gasteiger partial charge is 0.204 e. The molecule has 0 saturated heterocycles. The van der Waals surface area contributed by atoms with E-state index in [2.05, 4.69) is 17.9 Å². The third-order valence-electron chi connectivity index (χ3n) is 2.70. The Kier molecular flexibility index (Phi) is 11.8. The number of amides is 1. The van der Waals surface area contributed by atoms with Crippen LogP contribution in [0.15, 0.2) is 60.7 Å². The van der Waals surface area contributed by atoms with Crippen LogP contribution in [0.3, 0.4) is 0 Å².